The van der Waals surface area contributed by atoms with Gasteiger partial charge in [0.15, 0.2) is 11.6 Å². The van der Waals surface area contributed by atoms with Crippen LogP contribution in [0.3, 0.4) is 0 Å². The molecule has 0 radical (unpaired) electrons. The van der Waals surface area contributed by atoms with Crippen LogP contribution in [-0.4, -0.2) is 29.1 Å². The molecule has 0 aliphatic carbocycles. The Morgan fingerprint density at radius 3 is 1.58 bits per heavy atom. The fourth-order valence-corrected chi connectivity index (χ4v) is 7.20. The number of hydrogen-bond acceptors (Lipinski definition) is 4. The number of hydrogen-bond donors (Lipinski definition) is 0. The second-order valence-electron chi connectivity index (χ2n) is 12.8. The summed E-state index contributed by atoms with van der Waals surface area (Å²) in [5.74, 6) is 1.70. The van der Waals surface area contributed by atoms with Crippen molar-refractivity contribution in [2.45, 2.75) is 0 Å². The van der Waals surface area contributed by atoms with Gasteiger partial charge in [-0.3, -0.25) is 9.55 Å². The fraction of sp³-hybridized carbons (Fsp3) is 0. The Labute approximate surface area is 300 Å². The Kier molecular flexibility index (Phi) is 7.03. The van der Waals surface area contributed by atoms with Crippen LogP contribution in [0.5, 0.6) is 0 Å². The third-order valence-corrected chi connectivity index (χ3v) is 9.65. The summed E-state index contributed by atoms with van der Waals surface area (Å²) in [7, 11) is 0. The molecular weight excluding hydrogens is 637 g/mol. The molecule has 52 heavy (non-hydrogen) atoms. The van der Waals surface area contributed by atoms with E-state index in [1.165, 1.54) is 0 Å². The van der Waals surface area contributed by atoms with Crippen molar-refractivity contribution in [2.24, 2.45) is 0 Å². The van der Waals surface area contributed by atoms with Gasteiger partial charge in [-0.05, 0) is 58.7 Å². The highest BCUT2D eigenvalue weighted by Gasteiger charge is 2.21. The van der Waals surface area contributed by atoms with Gasteiger partial charge in [0, 0.05) is 40.0 Å². The smallest absolute Gasteiger partial charge is 0.238 e. The van der Waals surface area contributed by atoms with Gasteiger partial charge in [-0.1, -0.05) is 133 Å². The number of nitrogens with zero attached hydrogens (tertiary/aromatic N) is 6. The number of rotatable bonds is 6. The van der Waals surface area contributed by atoms with Crippen molar-refractivity contribution in [1.82, 2.24) is 29.1 Å². The number of aromatic nitrogens is 6. The molecule has 244 valence electrons. The Bertz CT molecular complexity index is 2790. The first-order chi connectivity index (χ1) is 25.8. The van der Waals surface area contributed by atoms with E-state index in [4.69, 9.17) is 19.9 Å². The van der Waals surface area contributed by atoms with Gasteiger partial charge in [-0.2, -0.15) is 9.97 Å². The molecule has 0 aliphatic rings. The molecule has 4 aromatic heterocycles. The van der Waals surface area contributed by atoms with Crippen molar-refractivity contribution in [1.29, 1.82) is 0 Å². The zero-order valence-electron chi connectivity index (χ0n) is 28.0. The van der Waals surface area contributed by atoms with Gasteiger partial charge in [0.05, 0.1) is 22.1 Å². The molecule has 0 unspecified atom stereocenters. The van der Waals surface area contributed by atoms with Gasteiger partial charge < -0.3 is 4.57 Å². The Morgan fingerprint density at radius 1 is 0.404 bits per heavy atom. The summed E-state index contributed by atoms with van der Waals surface area (Å²) >= 11 is 0. The Hall–Kier alpha value is -7.18. The molecule has 0 bridgehead atoms. The molecule has 0 atom stereocenters. The summed E-state index contributed by atoms with van der Waals surface area (Å²) in [5, 5.41) is 2.20. The lowest BCUT2D eigenvalue weighted by Gasteiger charge is -2.13. The van der Waals surface area contributed by atoms with Gasteiger partial charge in [0.25, 0.3) is 0 Å². The molecular formula is C46H30N6. The summed E-state index contributed by atoms with van der Waals surface area (Å²) < 4.78 is 4.39. The van der Waals surface area contributed by atoms with Crippen molar-refractivity contribution in [3.8, 4) is 56.7 Å². The number of benzene rings is 6. The molecule has 4 heterocycles. The van der Waals surface area contributed by atoms with Crippen molar-refractivity contribution in [3.63, 3.8) is 0 Å². The SMILES string of the molecule is c1ccc(-c2cccc(-c3nc(-c4cccc(-c5ccccc5)c4)nc(-n4ccc5ncc6c7ccccc7n(-c7ccccc7)c6c54)n3)c2)cc1. The molecule has 6 nitrogen and oxygen atoms in total. The number of para-hydroxylation sites is 2. The number of pyridine rings is 1. The lowest BCUT2D eigenvalue weighted by Crippen LogP contribution is -2.06. The molecule has 6 heteroatoms. The zero-order chi connectivity index (χ0) is 34.4. The van der Waals surface area contributed by atoms with E-state index in [2.05, 4.69) is 155 Å². The zero-order valence-corrected chi connectivity index (χ0v) is 28.0. The predicted octanol–water partition coefficient (Wildman–Crippen LogP) is 11.0. The summed E-state index contributed by atoms with van der Waals surface area (Å²) in [5.41, 5.74) is 11.3. The van der Waals surface area contributed by atoms with E-state index >= 15 is 0 Å². The van der Waals surface area contributed by atoms with Gasteiger partial charge in [0.1, 0.15) is 0 Å². The standard InChI is InChI=1S/C46H30N6/c1-4-14-31(15-5-1)33-18-12-20-35(28-33)44-48-45(36-21-13-19-34(29-36)32-16-6-2-7-17-32)50-46(49-44)51-27-26-40-43(51)42-39(30-47-40)38-24-10-11-25-41(38)52(42)37-22-8-3-9-23-37/h1-30H. The minimum Gasteiger partial charge on any atom is -0.307 e. The largest absolute Gasteiger partial charge is 0.307 e. The second-order valence-corrected chi connectivity index (χ2v) is 12.8. The lowest BCUT2D eigenvalue weighted by atomic mass is 10.0. The quantitative estimate of drug-likeness (QED) is 0.177. The van der Waals surface area contributed by atoms with Crippen LogP contribution in [0.4, 0.5) is 0 Å². The minimum absolute atomic E-state index is 0.518. The lowest BCUT2D eigenvalue weighted by molar-refractivity contribution is 0.933. The van der Waals surface area contributed by atoms with E-state index < -0.39 is 0 Å². The summed E-state index contributed by atoms with van der Waals surface area (Å²) in [6, 6.07) is 58.6. The van der Waals surface area contributed by atoms with Crippen LogP contribution >= 0.6 is 0 Å². The van der Waals surface area contributed by atoms with Crippen LogP contribution in [0.25, 0.3) is 89.5 Å². The van der Waals surface area contributed by atoms with Gasteiger partial charge in [0.2, 0.25) is 5.95 Å². The van der Waals surface area contributed by atoms with E-state index in [0.717, 1.165) is 71.9 Å². The molecule has 0 N–H and O–H groups in total. The summed E-state index contributed by atoms with van der Waals surface area (Å²) in [6.07, 6.45) is 4.01. The summed E-state index contributed by atoms with van der Waals surface area (Å²) in [4.78, 5) is 20.5. The highest BCUT2D eigenvalue weighted by Crippen LogP contribution is 2.37. The molecule has 0 saturated carbocycles. The van der Waals surface area contributed by atoms with Crippen molar-refractivity contribution < 1.29 is 0 Å². The summed E-state index contributed by atoms with van der Waals surface area (Å²) in [6.45, 7) is 0. The molecule has 6 aromatic carbocycles. The second kappa shape index (κ2) is 12.3. The van der Waals surface area contributed by atoms with Crippen molar-refractivity contribution in [2.75, 3.05) is 0 Å². The fourth-order valence-electron chi connectivity index (χ4n) is 7.20. The predicted molar refractivity (Wildman–Crippen MR) is 211 cm³/mol. The molecule has 0 spiro atoms. The molecule has 0 fully saturated rings. The number of fused-ring (bicyclic) bond motifs is 5. The van der Waals surface area contributed by atoms with Gasteiger partial charge in [-0.25, -0.2) is 4.98 Å². The maximum absolute atomic E-state index is 5.20. The third-order valence-electron chi connectivity index (χ3n) is 9.65. The van der Waals surface area contributed by atoms with E-state index in [9.17, 15) is 0 Å². The van der Waals surface area contributed by atoms with E-state index in [1.54, 1.807) is 0 Å². The van der Waals surface area contributed by atoms with Crippen molar-refractivity contribution in [3.05, 3.63) is 182 Å². The third kappa shape index (κ3) is 5.05. The van der Waals surface area contributed by atoms with E-state index in [-0.39, 0.29) is 0 Å². The van der Waals surface area contributed by atoms with E-state index in [1.807, 2.05) is 36.7 Å². The monoisotopic (exact) mass is 666 g/mol. The molecule has 0 amide bonds. The normalized spacial score (nSPS) is 11.5. The maximum atomic E-state index is 5.20. The first-order valence-electron chi connectivity index (χ1n) is 17.3. The first kappa shape index (κ1) is 29.7. The van der Waals surface area contributed by atoms with Crippen LogP contribution < -0.4 is 0 Å². The topological polar surface area (TPSA) is 61.4 Å². The van der Waals surface area contributed by atoms with Crippen molar-refractivity contribution >= 4 is 32.8 Å². The van der Waals surface area contributed by atoms with Crippen LogP contribution in [0, 0.1) is 0 Å². The van der Waals surface area contributed by atoms with Crippen LogP contribution in [-0.2, 0) is 0 Å². The molecule has 0 aliphatic heterocycles. The highest BCUT2D eigenvalue weighted by atomic mass is 15.2. The molecule has 10 rings (SSSR count). The Morgan fingerprint density at radius 2 is 0.942 bits per heavy atom. The van der Waals surface area contributed by atoms with Crippen LogP contribution in [0.2, 0.25) is 0 Å². The Balaban J connectivity index is 1.24. The van der Waals surface area contributed by atoms with Crippen LogP contribution in [0.15, 0.2) is 182 Å². The average Bonchev–Trinajstić information content (AvgIpc) is 3.81. The molecule has 0 saturated heterocycles. The minimum atomic E-state index is 0.518. The highest BCUT2D eigenvalue weighted by molar-refractivity contribution is 6.17. The average molecular weight is 667 g/mol. The van der Waals surface area contributed by atoms with E-state index in [0.29, 0.717) is 17.6 Å². The van der Waals surface area contributed by atoms with Gasteiger partial charge >= 0.3 is 0 Å². The molecule has 10 aromatic rings. The van der Waals surface area contributed by atoms with Gasteiger partial charge in [-0.15, -0.1) is 0 Å². The van der Waals surface area contributed by atoms with Crippen LogP contribution in [0.1, 0.15) is 0 Å². The first-order valence-corrected chi connectivity index (χ1v) is 17.3. The maximum Gasteiger partial charge on any atom is 0.238 e.